The van der Waals surface area contributed by atoms with Crippen molar-refractivity contribution in [3.8, 4) is 0 Å². The van der Waals surface area contributed by atoms with Crippen LogP contribution in [0.3, 0.4) is 0 Å². The lowest BCUT2D eigenvalue weighted by Crippen LogP contribution is -2.35. The third-order valence-electron chi connectivity index (χ3n) is 2.23. The molecule has 0 saturated carbocycles. The summed E-state index contributed by atoms with van der Waals surface area (Å²) in [5, 5.41) is 0. The summed E-state index contributed by atoms with van der Waals surface area (Å²) in [4.78, 5) is 0. The quantitative estimate of drug-likeness (QED) is 0.469. The summed E-state index contributed by atoms with van der Waals surface area (Å²) < 4.78 is 26.7. The minimum Gasteiger partial charge on any atom is -0.271 e. The van der Waals surface area contributed by atoms with Crippen LogP contribution in [0.15, 0.2) is 29.8 Å². The van der Waals surface area contributed by atoms with Crippen LogP contribution in [-0.2, 0) is 6.42 Å². The van der Waals surface area contributed by atoms with Crippen molar-refractivity contribution in [2.75, 3.05) is 0 Å². The summed E-state index contributed by atoms with van der Waals surface area (Å²) in [5.74, 6) is 4.25. The number of benzene rings is 1. The summed E-state index contributed by atoms with van der Waals surface area (Å²) >= 11 is 0. The molecular weight excluding hydrogens is 210 g/mol. The summed E-state index contributed by atoms with van der Waals surface area (Å²) in [6, 6.07) is 3.57. The molecule has 1 aromatic carbocycles. The van der Waals surface area contributed by atoms with E-state index in [2.05, 4.69) is 5.43 Å². The summed E-state index contributed by atoms with van der Waals surface area (Å²) in [6.07, 6.45) is 2.03. The Kier molecular flexibility index (Phi) is 4.58. The zero-order chi connectivity index (χ0) is 12.1. The summed E-state index contributed by atoms with van der Waals surface area (Å²) in [5.41, 5.74) is 3.63. The molecular formula is C12H16F2N2. The molecule has 16 heavy (non-hydrogen) atoms. The third kappa shape index (κ3) is 3.40. The molecule has 88 valence electrons. The van der Waals surface area contributed by atoms with E-state index in [0.29, 0.717) is 0 Å². The second-order valence-corrected chi connectivity index (χ2v) is 3.92. The van der Waals surface area contributed by atoms with Gasteiger partial charge in [0, 0.05) is 11.6 Å². The maximum Gasteiger partial charge on any atom is 0.129 e. The van der Waals surface area contributed by atoms with Crippen molar-refractivity contribution in [1.29, 1.82) is 0 Å². The second kappa shape index (κ2) is 5.72. The Bertz CT molecular complexity index is 364. The van der Waals surface area contributed by atoms with Crippen LogP contribution in [0.5, 0.6) is 0 Å². The van der Waals surface area contributed by atoms with E-state index in [9.17, 15) is 8.78 Å². The summed E-state index contributed by atoms with van der Waals surface area (Å²) in [7, 11) is 0. The molecule has 0 aliphatic heterocycles. The fraction of sp³-hybridized carbons (Fsp3) is 0.333. The highest BCUT2D eigenvalue weighted by atomic mass is 19.1. The molecule has 0 heterocycles. The largest absolute Gasteiger partial charge is 0.271 e. The molecule has 3 N–H and O–H groups in total. The van der Waals surface area contributed by atoms with Crippen LogP contribution in [0.4, 0.5) is 8.78 Å². The van der Waals surface area contributed by atoms with Crippen LogP contribution in [0.25, 0.3) is 0 Å². The number of nitrogens with one attached hydrogen (secondary N) is 1. The van der Waals surface area contributed by atoms with Crippen LogP contribution in [0.1, 0.15) is 19.4 Å². The highest BCUT2D eigenvalue weighted by Gasteiger charge is 2.12. The Balaban J connectivity index is 2.90. The molecule has 0 saturated heterocycles. The van der Waals surface area contributed by atoms with E-state index in [0.717, 1.165) is 5.57 Å². The predicted octanol–water partition coefficient (Wildman–Crippen LogP) is 2.31. The molecule has 0 spiro atoms. The Morgan fingerprint density at radius 1 is 1.38 bits per heavy atom. The van der Waals surface area contributed by atoms with Gasteiger partial charge in [-0.2, -0.15) is 0 Å². The minimum absolute atomic E-state index is 0.0583. The van der Waals surface area contributed by atoms with Gasteiger partial charge in [0.25, 0.3) is 0 Å². The smallest absolute Gasteiger partial charge is 0.129 e. The predicted molar refractivity (Wildman–Crippen MR) is 60.6 cm³/mol. The Morgan fingerprint density at radius 3 is 2.38 bits per heavy atom. The first-order valence-corrected chi connectivity index (χ1v) is 5.08. The monoisotopic (exact) mass is 226 g/mol. The van der Waals surface area contributed by atoms with Crippen molar-refractivity contribution in [3.05, 3.63) is 47.0 Å². The molecule has 0 fully saturated rings. The molecule has 1 aromatic rings. The zero-order valence-corrected chi connectivity index (χ0v) is 9.43. The van der Waals surface area contributed by atoms with E-state index in [1.54, 1.807) is 0 Å². The fourth-order valence-electron chi connectivity index (χ4n) is 1.52. The number of hydrazine groups is 1. The van der Waals surface area contributed by atoms with Gasteiger partial charge in [0.15, 0.2) is 0 Å². The van der Waals surface area contributed by atoms with Gasteiger partial charge in [0.2, 0.25) is 0 Å². The first-order valence-electron chi connectivity index (χ1n) is 5.08. The number of allylic oxidation sites excluding steroid dienone is 1. The van der Waals surface area contributed by atoms with E-state index < -0.39 is 11.6 Å². The SMILES string of the molecule is CC(C)=CC(Cc1c(F)cccc1F)NN. The van der Waals surface area contributed by atoms with Crippen molar-refractivity contribution < 1.29 is 8.78 Å². The van der Waals surface area contributed by atoms with Crippen LogP contribution >= 0.6 is 0 Å². The molecule has 4 heteroatoms. The lowest BCUT2D eigenvalue weighted by atomic mass is 10.0. The van der Waals surface area contributed by atoms with Crippen LogP contribution in [0, 0.1) is 11.6 Å². The van der Waals surface area contributed by atoms with Gasteiger partial charge in [0.1, 0.15) is 11.6 Å². The highest BCUT2D eigenvalue weighted by molar-refractivity contribution is 5.22. The lowest BCUT2D eigenvalue weighted by Gasteiger charge is -2.13. The first-order chi connectivity index (χ1) is 7.54. The average molecular weight is 226 g/mol. The maximum atomic E-state index is 13.4. The minimum atomic E-state index is -0.539. The third-order valence-corrected chi connectivity index (χ3v) is 2.23. The fourth-order valence-corrected chi connectivity index (χ4v) is 1.52. The van der Waals surface area contributed by atoms with E-state index in [1.807, 2.05) is 19.9 Å². The average Bonchev–Trinajstić information content (AvgIpc) is 2.21. The molecule has 0 aliphatic carbocycles. The van der Waals surface area contributed by atoms with Gasteiger partial charge in [-0.05, 0) is 32.4 Å². The Morgan fingerprint density at radius 2 is 1.94 bits per heavy atom. The second-order valence-electron chi connectivity index (χ2n) is 3.92. The molecule has 0 amide bonds. The molecule has 1 atom stereocenters. The summed E-state index contributed by atoms with van der Waals surface area (Å²) in [6.45, 7) is 3.81. The van der Waals surface area contributed by atoms with Gasteiger partial charge in [0.05, 0.1) is 0 Å². The normalized spacial score (nSPS) is 12.3. The van der Waals surface area contributed by atoms with Crippen molar-refractivity contribution in [3.63, 3.8) is 0 Å². The van der Waals surface area contributed by atoms with Crippen molar-refractivity contribution in [1.82, 2.24) is 5.43 Å². The standard InChI is InChI=1S/C12H16F2N2/c1-8(2)6-9(16-15)7-10-11(13)4-3-5-12(10)14/h3-6,9,16H,7,15H2,1-2H3. The van der Waals surface area contributed by atoms with Crippen molar-refractivity contribution in [2.24, 2.45) is 5.84 Å². The van der Waals surface area contributed by atoms with E-state index in [-0.39, 0.29) is 18.0 Å². The highest BCUT2D eigenvalue weighted by Crippen LogP contribution is 2.14. The number of rotatable bonds is 4. The van der Waals surface area contributed by atoms with Crippen LogP contribution < -0.4 is 11.3 Å². The Labute approximate surface area is 94.1 Å². The van der Waals surface area contributed by atoms with E-state index in [4.69, 9.17) is 5.84 Å². The van der Waals surface area contributed by atoms with Crippen molar-refractivity contribution >= 4 is 0 Å². The van der Waals surface area contributed by atoms with E-state index in [1.165, 1.54) is 18.2 Å². The van der Waals surface area contributed by atoms with Gasteiger partial charge in [-0.3, -0.25) is 11.3 Å². The van der Waals surface area contributed by atoms with Gasteiger partial charge in [-0.1, -0.05) is 17.7 Å². The van der Waals surface area contributed by atoms with Gasteiger partial charge < -0.3 is 0 Å². The van der Waals surface area contributed by atoms with Crippen molar-refractivity contribution in [2.45, 2.75) is 26.3 Å². The molecule has 0 radical (unpaired) electrons. The number of nitrogens with two attached hydrogens (primary N) is 1. The number of halogens is 2. The van der Waals surface area contributed by atoms with Gasteiger partial charge in [-0.25, -0.2) is 8.78 Å². The van der Waals surface area contributed by atoms with E-state index >= 15 is 0 Å². The molecule has 0 bridgehead atoms. The van der Waals surface area contributed by atoms with Gasteiger partial charge in [-0.15, -0.1) is 0 Å². The van der Waals surface area contributed by atoms with Crippen LogP contribution in [0.2, 0.25) is 0 Å². The maximum absolute atomic E-state index is 13.4. The topological polar surface area (TPSA) is 38.0 Å². The molecule has 1 rings (SSSR count). The lowest BCUT2D eigenvalue weighted by molar-refractivity contribution is 0.526. The van der Waals surface area contributed by atoms with Crippen LogP contribution in [-0.4, -0.2) is 6.04 Å². The number of hydrogen-bond donors (Lipinski definition) is 2. The molecule has 2 nitrogen and oxygen atoms in total. The molecule has 0 aromatic heterocycles. The first kappa shape index (κ1) is 12.8. The zero-order valence-electron chi connectivity index (χ0n) is 9.43. The van der Waals surface area contributed by atoms with Gasteiger partial charge >= 0.3 is 0 Å². The molecule has 1 unspecified atom stereocenters. The molecule has 0 aliphatic rings. The number of hydrogen-bond acceptors (Lipinski definition) is 2. The Hall–Kier alpha value is -1.26.